The lowest BCUT2D eigenvalue weighted by atomic mass is 10.2. The third kappa shape index (κ3) is 6.03. The number of para-hydroxylation sites is 1. The maximum absolute atomic E-state index is 5.10. The molecule has 0 heterocycles. The van der Waals surface area contributed by atoms with Crippen molar-refractivity contribution in [2.45, 2.75) is 13.3 Å². The van der Waals surface area contributed by atoms with E-state index in [0.717, 1.165) is 17.7 Å². The lowest BCUT2D eigenvalue weighted by molar-refractivity contribution is 1.16. The van der Waals surface area contributed by atoms with Gasteiger partial charge in [0.2, 0.25) is 0 Å². The molecule has 0 atom stereocenters. The molecule has 0 radical (unpaired) electrons. The highest BCUT2D eigenvalue weighted by Gasteiger charge is 1.78. The molecule has 1 aromatic rings. The summed E-state index contributed by atoms with van der Waals surface area (Å²) in [6, 6.07) is 9.60. The van der Waals surface area contributed by atoms with Crippen LogP contribution < -0.4 is 11.3 Å². The lowest BCUT2D eigenvalue weighted by Crippen LogP contribution is -2.05. The van der Waals surface area contributed by atoms with Crippen molar-refractivity contribution < 1.29 is 0 Å². The van der Waals surface area contributed by atoms with Crippen LogP contribution in [0, 0.1) is 0 Å². The summed E-state index contributed by atoms with van der Waals surface area (Å²) >= 11 is 0. The first-order chi connectivity index (χ1) is 6.74. The lowest BCUT2D eigenvalue weighted by Gasteiger charge is -1.94. The molecule has 14 heavy (non-hydrogen) atoms. The Morgan fingerprint density at radius 1 is 1.43 bits per heavy atom. The quantitative estimate of drug-likeness (QED) is 0.436. The van der Waals surface area contributed by atoms with Gasteiger partial charge in [0.1, 0.15) is 0 Å². The van der Waals surface area contributed by atoms with Crippen molar-refractivity contribution in [2.24, 2.45) is 5.84 Å². The number of allylic oxidation sites excluding steroid dienone is 2. The molecule has 0 aliphatic carbocycles. The Morgan fingerprint density at radius 2 is 2.00 bits per heavy atom. The number of nitrogens with one attached hydrogen (secondary N) is 1. The zero-order valence-corrected chi connectivity index (χ0v) is 8.66. The topological polar surface area (TPSA) is 38.0 Å². The number of nitrogens with two attached hydrogens (primary N) is 1. The summed E-state index contributed by atoms with van der Waals surface area (Å²) in [5.74, 6) is 5.10. The van der Waals surface area contributed by atoms with Gasteiger partial charge in [0.25, 0.3) is 0 Å². The van der Waals surface area contributed by atoms with E-state index in [1.165, 1.54) is 0 Å². The van der Waals surface area contributed by atoms with Gasteiger partial charge >= 0.3 is 0 Å². The zero-order chi connectivity index (χ0) is 10.8. The van der Waals surface area contributed by atoms with Crippen LogP contribution in [0.15, 0.2) is 55.1 Å². The SMILES string of the molecule is C=CC(=C)CC.NNc1ccccc1. The molecule has 0 saturated carbocycles. The molecular formula is C12H18N2. The monoisotopic (exact) mass is 190 g/mol. The maximum Gasteiger partial charge on any atom is 0.0485 e. The summed E-state index contributed by atoms with van der Waals surface area (Å²) in [5, 5.41) is 0. The molecule has 1 rings (SSSR count). The molecule has 2 heteroatoms. The van der Waals surface area contributed by atoms with Gasteiger partial charge in [-0.05, 0) is 18.6 Å². The van der Waals surface area contributed by atoms with Gasteiger partial charge in [-0.1, -0.05) is 49.9 Å². The third-order valence-corrected chi connectivity index (χ3v) is 1.68. The third-order valence-electron chi connectivity index (χ3n) is 1.68. The van der Waals surface area contributed by atoms with E-state index in [2.05, 4.69) is 25.5 Å². The van der Waals surface area contributed by atoms with Crippen LogP contribution in [0.1, 0.15) is 13.3 Å². The molecule has 0 bridgehead atoms. The van der Waals surface area contributed by atoms with Gasteiger partial charge in [0.15, 0.2) is 0 Å². The van der Waals surface area contributed by atoms with Gasteiger partial charge in [0.05, 0.1) is 0 Å². The largest absolute Gasteiger partial charge is 0.324 e. The van der Waals surface area contributed by atoms with Crippen molar-refractivity contribution in [2.75, 3.05) is 5.43 Å². The van der Waals surface area contributed by atoms with Gasteiger partial charge in [-0.15, -0.1) is 0 Å². The van der Waals surface area contributed by atoms with Crippen molar-refractivity contribution >= 4 is 5.69 Å². The second-order valence-corrected chi connectivity index (χ2v) is 2.73. The second kappa shape index (κ2) is 8.08. The fraction of sp³-hybridized carbons (Fsp3) is 0.167. The van der Waals surface area contributed by atoms with Crippen molar-refractivity contribution in [3.8, 4) is 0 Å². The Kier molecular flexibility index (Phi) is 7.19. The molecule has 0 aliphatic heterocycles. The average Bonchev–Trinajstić information content (AvgIpc) is 2.30. The molecular weight excluding hydrogens is 172 g/mol. The molecule has 0 unspecified atom stereocenters. The van der Waals surface area contributed by atoms with Crippen molar-refractivity contribution in [3.63, 3.8) is 0 Å². The first-order valence-electron chi connectivity index (χ1n) is 4.56. The molecule has 0 fully saturated rings. The Hall–Kier alpha value is -1.54. The van der Waals surface area contributed by atoms with E-state index in [0.29, 0.717) is 0 Å². The average molecular weight is 190 g/mol. The first kappa shape index (κ1) is 12.5. The van der Waals surface area contributed by atoms with E-state index < -0.39 is 0 Å². The highest BCUT2D eigenvalue weighted by Crippen LogP contribution is 2.00. The maximum atomic E-state index is 5.10. The molecule has 1 aromatic carbocycles. The highest BCUT2D eigenvalue weighted by molar-refractivity contribution is 5.40. The minimum absolute atomic E-state index is 0.938. The van der Waals surface area contributed by atoms with Gasteiger partial charge in [-0.2, -0.15) is 0 Å². The van der Waals surface area contributed by atoms with E-state index in [1.807, 2.05) is 30.3 Å². The number of hydrogen-bond donors (Lipinski definition) is 2. The predicted molar refractivity (Wildman–Crippen MR) is 63.9 cm³/mol. The van der Waals surface area contributed by atoms with Crippen LogP contribution in [-0.4, -0.2) is 0 Å². The normalized spacial score (nSPS) is 8.14. The van der Waals surface area contributed by atoms with E-state index in [-0.39, 0.29) is 0 Å². The van der Waals surface area contributed by atoms with Gasteiger partial charge < -0.3 is 5.43 Å². The number of nitrogen functional groups attached to an aromatic ring is 1. The standard InChI is InChI=1S/C6H8N2.C6H10/c7-8-6-4-2-1-3-5-6;1-4-6(3)5-2/h1-5,8H,7H2;4H,1,3,5H2,2H3. The van der Waals surface area contributed by atoms with Crippen LogP contribution in [-0.2, 0) is 0 Å². The minimum Gasteiger partial charge on any atom is -0.324 e. The van der Waals surface area contributed by atoms with Crippen molar-refractivity contribution in [1.82, 2.24) is 0 Å². The fourth-order valence-electron chi connectivity index (χ4n) is 0.679. The molecule has 3 N–H and O–H groups in total. The number of anilines is 1. The number of hydrogen-bond acceptors (Lipinski definition) is 2. The van der Waals surface area contributed by atoms with Crippen LogP contribution >= 0.6 is 0 Å². The number of benzene rings is 1. The summed E-state index contributed by atoms with van der Waals surface area (Å²) < 4.78 is 0. The molecule has 2 nitrogen and oxygen atoms in total. The minimum atomic E-state index is 0.938. The van der Waals surface area contributed by atoms with Crippen molar-refractivity contribution in [3.05, 3.63) is 55.1 Å². The summed E-state index contributed by atoms with van der Waals surface area (Å²) in [7, 11) is 0. The Bertz CT molecular complexity index is 265. The molecule has 0 spiro atoms. The Balaban J connectivity index is 0.000000255. The summed E-state index contributed by atoms with van der Waals surface area (Å²) in [4.78, 5) is 0. The molecule has 76 valence electrons. The summed E-state index contributed by atoms with van der Waals surface area (Å²) in [5.41, 5.74) is 4.57. The summed E-state index contributed by atoms with van der Waals surface area (Å²) in [6.07, 6.45) is 2.80. The Morgan fingerprint density at radius 3 is 2.21 bits per heavy atom. The van der Waals surface area contributed by atoms with Crippen LogP contribution in [0.3, 0.4) is 0 Å². The van der Waals surface area contributed by atoms with E-state index >= 15 is 0 Å². The summed E-state index contributed by atoms with van der Waals surface area (Å²) in [6.45, 7) is 9.27. The number of rotatable bonds is 3. The molecule has 0 saturated heterocycles. The van der Waals surface area contributed by atoms with E-state index in [4.69, 9.17) is 5.84 Å². The van der Waals surface area contributed by atoms with Crippen molar-refractivity contribution in [1.29, 1.82) is 0 Å². The van der Waals surface area contributed by atoms with E-state index in [1.54, 1.807) is 6.08 Å². The second-order valence-electron chi connectivity index (χ2n) is 2.73. The molecule has 0 aliphatic rings. The van der Waals surface area contributed by atoms with Crippen LogP contribution in [0.4, 0.5) is 5.69 Å². The molecule has 0 amide bonds. The van der Waals surface area contributed by atoms with Crippen LogP contribution in [0.5, 0.6) is 0 Å². The predicted octanol–water partition coefficient (Wildman–Crippen LogP) is 3.11. The number of hydrazine groups is 1. The van der Waals surface area contributed by atoms with E-state index in [9.17, 15) is 0 Å². The Labute approximate surface area is 86.1 Å². The molecule has 0 aromatic heterocycles. The van der Waals surface area contributed by atoms with Gasteiger partial charge in [-0.3, -0.25) is 5.84 Å². The van der Waals surface area contributed by atoms with Crippen LogP contribution in [0.2, 0.25) is 0 Å². The van der Waals surface area contributed by atoms with Gasteiger partial charge in [-0.25, -0.2) is 0 Å². The highest BCUT2D eigenvalue weighted by atomic mass is 15.2. The zero-order valence-electron chi connectivity index (χ0n) is 8.66. The first-order valence-corrected chi connectivity index (χ1v) is 4.56. The van der Waals surface area contributed by atoms with Crippen LogP contribution in [0.25, 0.3) is 0 Å². The van der Waals surface area contributed by atoms with Gasteiger partial charge in [0, 0.05) is 5.69 Å². The smallest absolute Gasteiger partial charge is 0.0485 e. The fourth-order valence-corrected chi connectivity index (χ4v) is 0.679.